The average Bonchev–Trinajstić information content (AvgIpc) is 2.66. The number of ketones is 1. The highest BCUT2D eigenvalue weighted by atomic mass is 16.4. The molecule has 5 nitrogen and oxygen atoms in total. The molecule has 1 aromatic heterocycles. The lowest BCUT2D eigenvalue weighted by Crippen LogP contribution is -2.17. The lowest BCUT2D eigenvalue weighted by atomic mass is 9.90. The number of carboxylic acids is 1. The molecule has 1 heterocycles. The van der Waals surface area contributed by atoms with Crippen LogP contribution >= 0.6 is 0 Å². The van der Waals surface area contributed by atoms with Crippen molar-refractivity contribution >= 4 is 11.8 Å². The molecule has 0 fully saturated rings. The Balaban J connectivity index is 2.41. The van der Waals surface area contributed by atoms with E-state index in [0.29, 0.717) is 29.7 Å². The molecule has 5 heteroatoms. The standard InChI is InChI=1S/C12H14N2O3/c1-14(2)6-7-3-4-8-9(12(16)17)5-13-10(8)11(7)15/h5-6,13H,3-4H2,1-2H3,(H,16,17). The lowest BCUT2D eigenvalue weighted by molar-refractivity contribution is 0.0696. The van der Waals surface area contributed by atoms with Crippen molar-refractivity contribution in [1.29, 1.82) is 0 Å². The van der Waals surface area contributed by atoms with Crippen LogP contribution in [0.25, 0.3) is 0 Å². The Bertz CT molecular complexity index is 512. The van der Waals surface area contributed by atoms with Crippen LogP contribution in [0.3, 0.4) is 0 Å². The Labute approximate surface area is 98.7 Å². The first-order valence-corrected chi connectivity index (χ1v) is 5.36. The van der Waals surface area contributed by atoms with Crippen molar-refractivity contribution < 1.29 is 14.7 Å². The van der Waals surface area contributed by atoms with Gasteiger partial charge in [-0.25, -0.2) is 4.79 Å². The molecule has 0 unspecified atom stereocenters. The minimum Gasteiger partial charge on any atom is -0.478 e. The topological polar surface area (TPSA) is 73.4 Å². The van der Waals surface area contributed by atoms with Crippen LogP contribution in [0, 0.1) is 0 Å². The summed E-state index contributed by atoms with van der Waals surface area (Å²) in [6.45, 7) is 0. The number of fused-ring (bicyclic) bond motifs is 1. The lowest BCUT2D eigenvalue weighted by Gasteiger charge is -2.16. The highest BCUT2D eigenvalue weighted by Crippen LogP contribution is 2.27. The minimum absolute atomic E-state index is 0.104. The van der Waals surface area contributed by atoms with E-state index in [9.17, 15) is 9.59 Å². The number of nitrogens with zero attached hydrogens (tertiary/aromatic N) is 1. The molecule has 2 rings (SSSR count). The number of hydrogen-bond acceptors (Lipinski definition) is 3. The number of aromatic carboxylic acids is 1. The minimum atomic E-state index is -0.990. The van der Waals surface area contributed by atoms with E-state index < -0.39 is 5.97 Å². The van der Waals surface area contributed by atoms with Crippen LogP contribution in [0.2, 0.25) is 0 Å². The van der Waals surface area contributed by atoms with E-state index in [2.05, 4.69) is 4.98 Å². The first-order chi connectivity index (χ1) is 8.00. The number of aromatic amines is 1. The van der Waals surface area contributed by atoms with E-state index >= 15 is 0 Å². The zero-order chi connectivity index (χ0) is 12.6. The monoisotopic (exact) mass is 234 g/mol. The molecule has 0 spiro atoms. The number of Topliss-reactive ketones (excluding diaryl/α,β-unsaturated/α-hetero) is 1. The summed E-state index contributed by atoms with van der Waals surface area (Å²) in [5.74, 6) is -1.09. The summed E-state index contributed by atoms with van der Waals surface area (Å²) < 4.78 is 0. The van der Waals surface area contributed by atoms with Crippen molar-refractivity contribution in [1.82, 2.24) is 9.88 Å². The van der Waals surface area contributed by atoms with Crippen molar-refractivity contribution in [3.05, 3.63) is 34.8 Å². The van der Waals surface area contributed by atoms with Gasteiger partial charge in [-0.05, 0) is 18.4 Å². The second kappa shape index (κ2) is 4.08. The molecule has 0 bridgehead atoms. The molecule has 1 aliphatic rings. The SMILES string of the molecule is CN(C)C=C1CCc2c(C(=O)O)c[nH]c2C1=O. The van der Waals surface area contributed by atoms with Gasteiger partial charge in [0.1, 0.15) is 0 Å². The zero-order valence-corrected chi connectivity index (χ0v) is 9.78. The fourth-order valence-electron chi connectivity index (χ4n) is 2.07. The summed E-state index contributed by atoms with van der Waals surface area (Å²) in [6, 6.07) is 0. The largest absolute Gasteiger partial charge is 0.478 e. The van der Waals surface area contributed by atoms with Gasteiger partial charge in [-0.1, -0.05) is 0 Å². The Morgan fingerprint density at radius 3 is 2.76 bits per heavy atom. The summed E-state index contributed by atoms with van der Waals surface area (Å²) in [5.41, 5.74) is 1.96. The molecule has 0 saturated carbocycles. The van der Waals surface area contributed by atoms with Gasteiger partial charge in [-0.3, -0.25) is 4.79 Å². The predicted octanol–water partition coefficient (Wildman–Crippen LogP) is 1.29. The summed E-state index contributed by atoms with van der Waals surface area (Å²) in [5, 5.41) is 8.97. The number of allylic oxidation sites excluding steroid dienone is 1. The summed E-state index contributed by atoms with van der Waals surface area (Å²) in [7, 11) is 3.71. The molecule has 0 radical (unpaired) electrons. The van der Waals surface area contributed by atoms with Crippen molar-refractivity contribution in [2.24, 2.45) is 0 Å². The molecular formula is C12H14N2O3. The number of H-pyrrole nitrogens is 1. The van der Waals surface area contributed by atoms with Crippen molar-refractivity contribution in [3.8, 4) is 0 Å². The van der Waals surface area contributed by atoms with Crippen LogP contribution in [0.15, 0.2) is 18.0 Å². The fourth-order valence-corrected chi connectivity index (χ4v) is 2.07. The summed E-state index contributed by atoms with van der Waals surface area (Å²) >= 11 is 0. The Morgan fingerprint density at radius 1 is 1.47 bits per heavy atom. The van der Waals surface area contributed by atoms with Gasteiger partial charge in [0.2, 0.25) is 5.78 Å². The maximum absolute atomic E-state index is 12.1. The second-order valence-electron chi connectivity index (χ2n) is 4.31. The maximum atomic E-state index is 12.1. The highest BCUT2D eigenvalue weighted by molar-refractivity contribution is 6.11. The Morgan fingerprint density at radius 2 is 2.18 bits per heavy atom. The summed E-state index contributed by atoms with van der Waals surface area (Å²) in [6.07, 6.45) is 4.35. The maximum Gasteiger partial charge on any atom is 0.337 e. The van der Waals surface area contributed by atoms with E-state index in [1.807, 2.05) is 19.0 Å². The van der Waals surface area contributed by atoms with Crippen molar-refractivity contribution in [2.45, 2.75) is 12.8 Å². The van der Waals surface area contributed by atoms with Crippen molar-refractivity contribution in [2.75, 3.05) is 14.1 Å². The van der Waals surface area contributed by atoms with Gasteiger partial charge in [0.15, 0.2) is 0 Å². The van der Waals surface area contributed by atoms with E-state index in [1.54, 1.807) is 6.20 Å². The van der Waals surface area contributed by atoms with Crippen LogP contribution in [-0.4, -0.2) is 40.8 Å². The molecule has 2 N–H and O–H groups in total. The van der Waals surface area contributed by atoms with Gasteiger partial charge in [-0.15, -0.1) is 0 Å². The molecule has 0 aromatic carbocycles. The van der Waals surface area contributed by atoms with Crippen LogP contribution in [-0.2, 0) is 6.42 Å². The zero-order valence-electron chi connectivity index (χ0n) is 9.78. The van der Waals surface area contributed by atoms with E-state index in [-0.39, 0.29) is 11.3 Å². The number of nitrogens with one attached hydrogen (secondary N) is 1. The van der Waals surface area contributed by atoms with E-state index in [0.717, 1.165) is 0 Å². The highest BCUT2D eigenvalue weighted by Gasteiger charge is 2.27. The molecule has 0 saturated heterocycles. The molecule has 0 amide bonds. The third-order valence-electron chi connectivity index (χ3n) is 2.80. The summed E-state index contributed by atoms with van der Waals surface area (Å²) in [4.78, 5) is 27.6. The average molecular weight is 234 g/mol. The third kappa shape index (κ3) is 1.95. The fraction of sp³-hybridized carbons (Fsp3) is 0.333. The first-order valence-electron chi connectivity index (χ1n) is 5.36. The number of carbonyl (C=O) groups excluding carboxylic acids is 1. The molecular weight excluding hydrogens is 220 g/mol. The van der Waals surface area contributed by atoms with Crippen LogP contribution in [0.4, 0.5) is 0 Å². The molecule has 0 aliphatic heterocycles. The normalized spacial score (nSPS) is 17.1. The van der Waals surface area contributed by atoms with E-state index in [4.69, 9.17) is 5.11 Å². The number of rotatable bonds is 2. The van der Waals surface area contributed by atoms with Crippen LogP contribution in [0.5, 0.6) is 0 Å². The van der Waals surface area contributed by atoms with Gasteiger partial charge in [0.05, 0.1) is 11.3 Å². The van der Waals surface area contributed by atoms with Gasteiger partial charge in [-0.2, -0.15) is 0 Å². The third-order valence-corrected chi connectivity index (χ3v) is 2.80. The molecule has 1 aliphatic carbocycles. The molecule has 1 aromatic rings. The van der Waals surface area contributed by atoms with Crippen molar-refractivity contribution in [3.63, 3.8) is 0 Å². The second-order valence-corrected chi connectivity index (χ2v) is 4.31. The molecule has 90 valence electrons. The van der Waals surface area contributed by atoms with Gasteiger partial charge < -0.3 is 15.0 Å². The molecule has 17 heavy (non-hydrogen) atoms. The smallest absolute Gasteiger partial charge is 0.337 e. The van der Waals surface area contributed by atoms with Gasteiger partial charge in [0, 0.05) is 32.1 Å². The predicted molar refractivity (Wildman–Crippen MR) is 62.2 cm³/mol. The molecule has 0 atom stereocenters. The van der Waals surface area contributed by atoms with Crippen LogP contribution < -0.4 is 0 Å². The Kier molecular flexibility index (Phi) is 2.75. The number of carbonyl (C=O) groups is 2. The van der Waals surface area contributed by atoms with E-state index in [1.165, 1.54) is 6.20 Å². The van der Waals surface area contributed by atoms with Crippen LogP contribution in [0.1, 0.15) is 32.8 Å². The number of carboxylic acid groups (broad SMARTS) is 1. The van der Waals surface area contributed by atoms with Gasteiger partial charge in [0.25, 0.3) is 0 Å². The quantitative estimate of drug-likeness (QED) is 0.756. The number of hydrogen-bond donors (Lipinski definition) is 2. The first kappa shape index (κ1) is 11.4. The van der Waals surface area contributed by atoms with Gasteiger partial charge >= 0.3 is 5.97 Å². The number of aromatic nitrogens is 1. The Hall–Kier alpha value is -2.04.